The predicted molar refractivity (Wildman–Crippen MR) is 74.5 cm³/mol. The topological polar surface area (TPSA) is 35.5 Å². The molecule has 1 aliphatic rings. The molecule has 3 heteroatoms. The lowest BCUT2D eigenvalue weighted by molar-refractivity contribution is -0.119. The molecule has 1 aromatic carbocycles. The van der Waals surface area contributed by atoms with Crippen molar-refractivity contribution in [1.29, 1.82) is 0 Å². The Morgan fingerprint density at radius 2 is 2.32 bits per heavy atom. The molecule has 0 saturated carbocycles. The number of carbonyl (C=O) groups is 1. The maximum absolute atomic E-state index is 12.0. The van der Waals surface area contributed by atoms with E-state index in [1.165, 1.54) is 6.42 Å². The van der Waals surface area contributed by atoms with E-state index in [2.05, 4.69) is 0 Å². The van der Waals surface area contributed by atoms with Gasteiger partial charge < -0.3 is 9.47 Å². The summed E-state index contributed by atoms with van der Waals surface area (Å²) in [5.41, 5.74) is 1.02. The average Bonchev–Trinajstić information content (AvgIpc) is 2.46. The van der Waals surface area contributed by atoms with Crippen LogP contribution in [0.2, 0.25) is 0 Å². The first-order chi connectivity index (χ1) is 9.28. The second kappa shape index (κ2) is 7.29. The summed E-state index contributed by atoms with van der Waals surface area (Å²) in [4.78, 5) is 12.0. The second-order valence-electron chi connectivity index (χ2n) is 5.09. The summed E-state index contributed by atoms with van der Waals surface area (Å²) in [7, 11) is 1.64. The summed E-state index contributed by atoms with van der Waals surface area (Å²) in [6.07, 6.45) is 5.76. The molecular formula is C16H22O3. The Balaban J connectivity index is 1.76. The number of methoxy groups -OCH3 is 1. The molecule has 1 unspecified atom stereocenters. The quantitative estimate of drug-likeness (QED) is 0.790. The van der Waals surface area contributed by atoms with Crippen molar-refractivity contribution in [3.8, 4) is 5.75 Å². The summed E-state index contributed by atoms with van der Waals surface area (Å²) in [5, 5.41) is 0. The maximum Gasteiger partial charge on any atom is 0.137 e. The Labute approximate surface area is 114 Å². The van der Waals surface area contributed by atoms with Crippen molar-refractivity contribution in [2.45, 2.75) is 44.6 Å². The van der Waals surface area contributed by atoms with E-state index in [9.17, 15) is 4.79 Å². The minimum Gasteiger partial charge on any atom is -0.497 e. The van der Waals surface area contributed by atoms with Gasteiger partial charge in [0.25, 0.3) is 0 Å². The van der Waals surface area contributed by atoms with Crippen LogP contribution in [-0.2, 0) is 16.0 Å². The van der Waals surface area contributed by atoms with Gasteiger partial charge in [-0.25, -0.2) is 0 Å². The maximum atomic E-state index is 12.0. The Bertz CT molecular complexity index is 408. The number of rotatable bonds is 6. The summed E-state index contributed by atoms with van der Waals surface area (Å²) in [5.74, 6) is 1.09. The molecule has 1 aromatic rings. The van der Waals surface area contributed by atoms with E-state index in [0.29, 0.717) is 18.9 Å². The molecule has 0 aromatic heterocycles. The van der Waals surface area contributed by atoms with Gasteiger partial charge in [-0.2, -0.15) is 0 Å². The number of Topliss-reactive ketones (excluding diaryl/α,β-unsaturated/α-hetero) is 1. The fourth-order valence-corrected chi connectivity index (χ4v) is 2.46. The predicted octanol–water partition coefficient (Wildman–Crippen LogP) is 3.16. The molecule has 1 saturated heterocycles. The highest BCUT2D eigenvalue weighted by Gasteiger charge is 2.15. The van der Waals surface area contributed by atoms with Crippen LogP contribution in [-0.4, -0.2) is 25.6 Å². The van der Waals surface area contributed by atoms with Crippen LogP contribution in [0.15, 0.2) is 24.3 Å². The highest BCUT2D eigenvalue weighted by atomic mass is 16.5. The summed E-state index contributed by atoms with van der Waals surface area (Å²) in [6, 6.07) is 7.71. The molecule has 1 heterocycles. The van der Waals surface area contributed by atoms with Crippen molar-refractivity contribution >= 4 is 5.78 Å². The number of ketones is 1. The van der Waals surface area contributed by atoms with E-state index in [-0.39, 0.29) is 5.78 Å². The fraction of sp³-hybridized carbons (Fsp3) is 0.562. The van der Waals surface area contributed by atoms with E-state index < -0.39 is 0 Å². The smallest absolute Gasteiger partial charge is 0.137 e. The van der Waals surface area contributed by atoms with Gasteiger partial charge in [0.1, 0.15) is 11.5 Å². The van der Waals surface area contributed by atoms with E-state index in [1.54, 1.807) is 7.11 Å². The first kappa shape index (κ1) is 14.1. The van der Waals surface area contributed by atoms with Crippen molar-refractivity contribution in [3.05, 3.63) is 29.8 Å². The van der Waals surface area contributed by atoms with Crippen molar-refractivity contribution in [3.63, 3.8) is 0 Å². The molecule has 0 bridgehead atoms. The van der Waals surface area contributed by atoms with Gasteiger partial charge in [0.15, 0.2) is 0 Å². The number of benzene rings is 1. The molecule has 104 valence electrons. The van der Waals surface area contributed by atoms with Gasteiger partial charge in [0.2, 0.25) is 0 Å². The van der Waals surface area contributed by atoms with Crippen LogP contribution >= 0.6 is 0 Å². The molecule has 1 atom stereocenters. The van der Waals surface area contributed by atoms with Crippen LogP contribution < -0.4 is 4.74 Å². The number of ether oxygens (including phenoxy) is 2. The summed E-state index contributed by atoms with van der Waals surface area (Å²) in [6.45, 7) is 0.856. The Hall–Kier alpha value is -1.35. The zero-order valence-corrected chi connectivity index (χ0v) is 11.6. The van der Waals surface area contributed by atoms with Crippen LogP contribution in [0, 0.1) is 0 Å². The number of hydrogen-bond donors (Lipinski definition) is 0. The zero-order chi connectivity index (χ0) is 13.5. The molecule has 19 heavy (non-hydrogen) atoms. The van der Waals surface area contributed by atoms with Gasteiger partial charge in [0.05, 0.1) is 13.2 Å². The van der Waals surface area contributed by atoms with Crippen molar-refractivity contribution < 1.29 is 14.3 Å². The summed E-state index contributed by atoms with van der Waals surface area (Å²) < 4.78 is 10.8. The highest BCUT2D eigenvalue weighted by molar-refractivity contribution is 5.80. The fourth-order valence-electron chi connectivity index (χ4n) is 2.46. The first-order valence-electron chi connectivity index (χ1n) is 7.04. The minimum atomic E-state index is 0.280. The standard InChI is InChI=1S/C16H22O3/c1-18-16-7-4-5-13(12-16)11-14(17)8-9-15-6-2-3-10-19-15/h4-5,7,12,15H,2-3,6,8-11H2,1H3. The first-order valence-corrected chi connectivity index (χ1v) is 7.04. The van der Waals surface area contributed by atoms with Crippen LogP contribution in [0.5, 0.6) is 5.75 Å². The molecule has 0 radical (unpaired) electrons. The van der Waals surface area contributed by atoms with E-state index in [0.717, 1.165) is 37.2 Å². The molecule has 0 N–H and O–H groups in total. The highest BCUT2D eigenvalue weighted by Crippen LogP contribution is 2.18. The van der Waals surface area contributed by atoms with Gasteiger partial charge in [-0.05, 0) is 43.4 Å². The van der Waals surface area contributed by atoms with Gasteiger partial charge in [0, 0.05) is 19.4 Å². The zero-order valence-electron chi connectivity index (χ0n) is 11.6. The van der Waals surface area contributed by atoms with Crippen LogP contribution in [0.25, 0.3) is 0 Å². The van der Waals surface area contributed by atoms with E-state index in [4.69, 9.17) is 9.47 Å². The number of hydrogen-bond acceptors (Lipinski definition) is 3. The molecule has 1 aliphatic heterocycles. The van der Waals surface area contributed by atoms with Crippen molar-refractivity contribution in [2.24, 2.45) is 0 Å². The molecule has 1 fully saturated rings. The monoisotopic (exact) mass is 262 g/mol. The van der Waals surface area contributed by atoms with Crippen LogP contribution in [0.3, 0.4) is 0 Å². The molecule has 0 amide bonds. The summed E-state index contributed by atoms with van der Waals surface area (Å²) >= 11 is 0. The SMILES string of the molecule is COc1cccc(CC(=O)CCC2CCCCO2)c1. The van der Waals surface area contributed by atoms with Gasteiger partial charge in [-0.1, -0.05) is 12.1 Å². The van der Waals surface area contributed by atoms with Gasteiger partial charge in [-0.3, -0.25) is 4.79 Å². The van der Waals surface area contributed by atoms with Crippen LogP contribution in [0.4, 0.5) is 0 Å². The third kappa shape index (κ3) is 4.67. The van der Waals surface area contributed by atoms with Gasteiger partial charge in [-0.15, -0.1) is 0 Å². The Morgan fingerprint density at radius 1 is 1.42 bits per heavy atom. The molecular weight excluding hydrogens is 240 g/mol. The van der Waals surface area contributed by atoms with Crippen molar-refractivity contribution in [1.82, 2.24) is 0 Å². The molecule has 0 aliphatic carbocycles. The average molecular weight is 262 g/mol. The van der Waals surface area contributed by atoms with Crippen molar-refractivity contribution in [2.75, 3.05) is 13.7 Å². The lowest BCUT2D eigenvalue weighted by Crippen LogP contribution is -2.20. The van der Waals surface area contributed by atoms with Gasteiger partial charge >= 0.3 is 0 Å². The molecule has 2 rings (SSSR count). The Kier molecular flexibility index (Phi) is 5.40. The second-order valence-corrected chi connectivity index (χ2v) is 5.09. The largest absolute Gasteiger partial charge is 0.497 e. The number of carbonyl (C=O) groups excluding carboxylic acids is 1. The van der Waals surface area contributed by atoms with E-state index >= 15 is 0 Å². The Morgan fingerprint density at radius 3 is 3.05 bits per heavy atom. The third-order valence-corrected chi connectivity index (χ3v) is 3.55. The molecule has 3 nitrogen and oxygen atoms in total. The third-order valence-electron chi connectivity index (χ3n) is 3.55. The van der Waals surface area contributed by atoms with Crippen LogP contribution in [0.1, 0.15) is 37.7 Å². The lowest BCUT2D eigenvalue weighted by atomic mass is 10.0. The minimum absolute atomic E-state index is 0.280. The normalized spacial score (nSPS) is 19.1. The molecule has 0 spiro atoms. The lowest BCUT2D eigenvalue weighted by Gasteiger charge is -2.22. The van der Waals surface area contributed by atoms with E-state index in [1.807, 2.05) is 24.3 Å².